The van der Waals surface area contributed by atoms with Crippen molar-refractivity contribution >= 4 is 43.4 Å². The molecule has 3 aromatic rings. The molecule has 0 unspecified atom stereocenters. The molecule has 0 saturated carbocycles. The molecule has 0 aliphatic heterocycles. The van der Waals surface area contributed by atoms with Gasteiger partial charge in [-0.3, -0.25) is 0 Å². The molecule has 0 amide bonds. The molecule has 0 fully saturated rings. The summed E-state index contributed by atoms with van der Waals surface area (Å²) in [5.41, 5.74) is 2.76. The van der Waals surface area contributed by atoms with Crippen LogP contribution < -0.4 is 16.5 Å². The third-order valence-electron chi connectivity index (χ3n) is 2.58. The molecule has 0 aromatic carbocycles. The van der Waals surface area contributed by atoms with Crippen LogP contribution in [-0.2, 0) is 0 Å². The summed E-state index contributed by atoms with van der Waals surface area (Å²) in [4.78, 5) is -2.25. The van der Waals surface area contributed by atoms with E-state index in [9.17, 15) is 0 Å². The van der Waals surface area contributed by atoms with Gasteiger partial charge in [-0.15, -0.1) is 0 Å². The van der Waals surface area contributed by atoms with Crippen molar-refractivity contribution in [3.63, 3.8) is 0 Å². The van der Waals surface area contributed by atoms with E-state index in [0.717, 1.165) is 16.5 Å². The predicted molar refractivity (Wildman–Crippen MR) is 77.4 cm³/mol. The van der Waals surface area contributed by atoms with Crippen LogP contribution in [0.25, 0.3) is 0 Å². The van der Waals surface area contributed by atoms with Crippen LogP contribution in [0.4, 0.5) is 0 Å². The first kappa shape index (κ1) is 11.1. The van der Waals surface area contributed by atoms with Gasteiger partial charge in [0, 0.05) is 0 Å². The normalized spacial score (nSPS) is 12.8. The van der Waals surface area contributed by atoms with E-state index in [4.69, 9.17) is 13.3 Å². The number of halogens is 1. The van der Waals surface area contributed by atoms with Gasteiger partial charge >= 0.3 is 112 Å². The monoisotopic (exact) mass is 360 g/mol. The Morgan fingerprint density at radius 1 is 0.706 bits per heavy atom. The molecule has 5 heteroatoms. The van der Waals surface area contributed by atoms with Crippen LogP contribution in [-0.4, -0.2) is 0 Å². The van der Waals surface area contributed by atoms with Crippen LogP contribution in [0.2, 0.25) is 0 Å². The van der Waals surface area contributed by atoms with Crippen LogP contribution in [0.1, 0.15) is 0 Å². The third-order valence-corrected chi connectivity index (χ3v) is 10.3. The summed E-state index contributed by atoms with van der Waals surface area (Å²) in [5.74, 6) is 0. The molecule has 0 bridgehead atoms. The first-order chi connectivity index (χ1) is 8.32. The van der Waals surface area contributed by atoms with E-state index in [0.29, 0.717) is 0 Å². The van der Waals surface area contributed by atoms with Crippen molar-refractivity contribution in [2.75, 3.05) is 0 Å². The summed E-state index contributed by atoms with van der Waals surface area (Å²) < 4.78 is 16.7. The molecule has 17 heavy (non-hydrogen) atoms. The first-order valence-electron chi connectivity index (χ1n) is 5.12. The van der Waals surface area contributed by atoms with Crippen molar-refractivity contribution in [3.8, 4) is 0 Å². The van der Waals surface area contributed by atoms with E-state index in [1.54, 1.807) is 18.8 Å². The maximum atomic E-state index is 5.58. The maximum absolute atomic E-state index is 5.58. The van der Waals surface area contributed by atoms with Gasteiger partial charge in [-0.1, -0.05) is 0 Å². The number of rotatable bonds is 3. The molecular formula is C12H10IO3P. The zero-order valence-corrected chi connectivity index (χ0v) is 12.0. The zero-order valence-electron chi connectivity index (χ0n) is 8.80. The molecule has 0 spiro atoms. The fourth-order valence-corrected chi connectivity index (χ4v) is 6.95. The minimum atomic E-state index is -2.25. The van der Waals surface area contributed by atoms with Crippen molar-refractivity contribution in [1.29, 1.82) is 0 Å². The average Bonchev–Trinajstić information content (AvgIpc) is 3.10. The Bertz CT molecular complexity index is 485. The molecule has 3 aromatic heterocycles. The molecule has 3 rings (SSSR count). The van der Waals surface area contributed by atoms with Crippen molar-refractivity contribution in [1.82, 2.24) is 0 Å². The van der Waals surface area contributed by atoms with Gasteiger partial charge in [-0.25, -0.2) is 0 Å². The van der Waals surface area contributed by atoms with Crippen molar-refractivity contribution in [2.45, 2.75) is 0 Å². The van der Waals surface area contributed by atoms with Crippen molar-refractivity contribution in [3.05, 3.63) is 55.2 Å². The van der Waals surface area contributed by atoms with E-state index >= 15 is 0 Å². The summed E-state index contributed by atoms with van der Waals surface area (Å²) in [7, 11) is 0. The number of furan rings is 3. The Kier molecular flexibility index (Phi) is 2.84. The fourth-order valence-electron chi connectivity index (χ4n) is 1.79. The van der Waals surface area contributed by atoms with Crippen LogP contribution >= 0.6 is 26.9 Å². The standard InChI is InChI=1S/C12H10IO3P/c13-17(10-4-1-7-14-10,11-5-2-8-15-11)12-6-3-9-16-12/h1-9,17H. The van der Waals surface area contributed by atoms with Crippen LogP contribution in [0.15, 0.2) is 68.4 Å². The van der Waals surface area contributed by atoms with E-state index in [1.165, 1.54) is 0 Å². The van der Waals surface area contributed by atoms with E-state index in [-0.39, 0.29) is 0 Å². The molecule has 0 atom stereocenters. The fraction of sp³-hybridized carbons (Fsp3) is 0. The van der Waals surface area contributed by atoms with Gasteiger partial charge in [0.05, 0.1) is 0 Å². The summed E-state index contributed by atoms with van der Waals surface area (Å²) in [6.07, 6.45) is 5.05. The SMILES string of the molecule is I[PH](c1ccco1)(c1ccco1)c1ccco1. The van der Waals surface area contributed by atoms with Crippen molar-refractivity contribution < 1.29 is 13.3 Å². The molecule has 0 saturated heterocycles. The van der Waals surface area contributed by atoms with Gasteiger partial charge in [-0.05, 0) is 0 Å². The Labute approximate surface area is 112 Å². The first-order valence-corrected chi connectivity index (χ1v) is 10.2. The van der Waals surface area contributed by atoms with E-state index < -0.39 is 4.90 Å². The molecule has 0 aliphatic carbocycles. The Balaban J connectivity index is 2.21. The summed E-state index contributed by atoms with van der Waals surface area (Å²) >= 11 is 2.42. The van der Waals surface area contributed by atoms with Crippen molar-refractivity contribution in [2.24, 2.45) is 0 Å². The van der Waals surface area contributed by atoms with E-state index in [2.05, 4.69) is 22.0 Å². The Morgan fingerprint density at radius 3 is 1.29 bits per heavy atom. The second-order valence-electron chi connectivity index (χ2n) is 3.59. The molecule has 3 heterocycles. The van der Waals surface area contributed by atoms with Gasteiger partial charge < -0.3 is 0 Å². The molecular weight excluding hydrogens is 350 g/mol. The van der Waals surface area contributed by atoms with Crippen LogP contribution in [0, 0.1) is 0 Å². The molecule has 0 radical (unpaired) electrons. The zero-order chi connectivity index (χ0) is 11.7. The van der Waals surface area contributed by atoms with Crippen LogP contribution in [0.5, 0.6) is 0 Å². The Morgan fingerprint density at radius 2 is 1.06 bits per heavy atom. The predicted octanol–water partition coefficient (Wildman–Crippen LogP) is 2.84. The summed E-state index contributed by atoms with van der Waals surface area (Å²) in [6, 6.07) is 11.6. The summed E-state index contributed by atoms with van der Waals surface area (Å²) in [6.45, 7) is 0. The number of hydrogen-bond donors (Lipinski definition) is 0. The number of hydrogen-bond acceptors (Lipinski definition) is 3. The molecule has 0 aliphatic rings. The average molecular weight is 360 g/mol. The Hall–Kier alpha value is -1.00. The van der Waals surface area contributed by atoms with Crippen LogP contribution in [0.3, 0.4) is 0 Å². The second-order valence-corrected chi connectivity index (χ2v) is 11.2. The molecule has 0 N–H and O–H groups in total. The van der Waals surface area contributed by atoms with Gasteiger partial charge in [0.15, 0.2) is 0 Å². The minimum absolute atomic E-state index is 0.919. The van der Waals surface area contributed by atoms with E-state index in [1.807, 2.05) is 36.4 Å². The van der Waals surface area contributed by atoms with Gasteiger partial charge in [0.1, 0.15) is 0 Å². The molecule has 88 valence electrons. The van der Waals surface area contributed by atoms with Gasteiger partial charge in [-0.2, -0.15) is 0 Å². The molecule has 3 nitrogen and oxygen atoms in total. The topological polar surface area (TPSA) is 39.4 Å². The third kappa shape index (κ3) is 1.76. The van der Waals surface area contributed by atoms with Gasteiger partial charge in [0.2, 0.25) is 0 Å². The quantitative estimate of drug-likeness (QED) is 0.533. The van der Waals surface area contributed by atoms with Gasteiger partial charge in [0.25, 0.3) is 0 Å². The second kappa shape index (κ2) is 4.35. The summed E-state index contributed by atoms with van der Waals surface area (Å²) in [5, 5.41) is 0.